The maximum Gasteiger partial charge on any atom is 0.221 e. The van der Waals surface area contributed by atoms with E-state index in [-0.39, 0.29) is 5.91 Å². The normalized spacial score (nSPS) is 13.5. The molecule has 4 rings (SSSR count). The van der Waals surface area contributed by atoms with Crippen molar-refractivity contribution in [3.05, 3.63) is 65.9 Å². The second-order valence-electron chi connectivity index (χ2n) is 6.75. The zero-order valence-corrected chi connectivity index (χ0v) is 15.8. The molecule has 0 radical (unpaired) electrons. The fourth-order valence-electron chi connectivity index (χ4n) is 2.82. The van der Waals surface area contributed by atoms with Crippen LogP contribution < -0.4 is 10.2 Å². The van der Waals surface area contributed by atoms with Gasteiger partial charge in [0.25, 0.3) is 0 Å². The molecule has 140 valence electrons. The van der Waals surface area contributed by atoms with Crippen molar-refractivity contribution < 1.29 is 9.21 Å². The molecule has 0 atom stereocenters. The van der Waals surface area contributed by atoms with Crippen LogP contribution in [0, 0.1) is 0 Å². The number of carbonyl (C=O) groups excluding carboxylic acids is 1. The molecule has 0 unspecified atom stereocenters. The number of furan rings is 1. The number of hydrogen-bond acceptors (Lipinski definition) is 6. The summed E-state index contributed by atoms with van der Waals surface area (Å²) in [7, 11) is 0. The van der Waals surface area contributed by atoms with Gasteiger partial charge in [-0.15, -0.1) is 0 Å². The summed E-state index contributed by atoms with van der Waals surface area (Å²) in [5, 5.41) is 3.85. The van der Waals surface area contributed by atoms with E-state index in [2.05, 4.69) is 26.7 Å². The number of aromatic nitrogens is 2. The number of nitrogens with zero attached hydrogens (tertiary/aromatic N) is 3. The lowest BCUT2D eigenvalue weighted by Gasteiger charge is -2.19. The predicted molar refractivity (Wildman–Crippen MR) is 105 cm³/mol. The van der Waals surface area contributed by atoms with E-state index in [1.807, 2.05) is 30.3 Å². The summed E-state index contributed by atoms with van der Waals surface area (Å²) in [6.07, 6.45) is 5.00. The Morgan fingerprint density at radius 1 is 1.22 bits per heavy atom. The molecule has 1 saturated carbocycles. The van der Waals surface area contributed by atoms with Gasteiger partial charge in [-0.2, -0.15) is 4.37 Å². The summed E-state index contributed by atoms with van der Waals surface area (Å²) < 4.78 is 9.99. The molecule has 7 heteroatoms. The third-order valence-corrected chi connectivity index (χ3v) is 5.23. The van der Waals surface area contributed by atoms with E-state index in [9.17, 15) is 4.79 Å². The van der Waals surface area contributed by atoms with Crippen LogP contribution in [0.1, 0.15) is 36.4 Å². The molecule has 6 nitrogen and oxygen atoms in total. The molecule has 1 N–H and O–H groups in total. The summed E-state index contributed by atoms with van der Waals surface area (Å²) in [6, 6.07) is 14.4. The van der Waals surface area contributed by atoms with E-state index < -0.39 is 0 Å². The summed E-state index contributed by atoms with van der Waals surface area (Å²) in [5.74, 6) is 1.74. The lowest BCUT2D eigenvalue weighted by atomic mass is 10.1. The van der Waals surface area contributed by atoms with Gasteiger partial charge in [-0.05, 0) is 30.5 Å². The van der Waals surface area contributed by atoms with Gasteiger partial charge in [0.1, 0.15) is 11.6 Å². The van der Waals surface area contributed by atoms with E-state index in [4.69, 9.17) is 9.40 Å². The third-order valence-electron chi connectivity index (χ3n) is 4.41. The first-order chi connectivity index (χ1) is 13.3. The first-order valence-corrected chi connectivity index (χ1v) is 9.97. The molecule has 2 aromatic heterocycles. The number of rotatable bonds is 9. The highest BCUT2D eigenvalue weighted by Gasteiger charge is 2.24. The van der Waals surface area contributed by atoms with Crippen LogP contribution in [0.25, 0.3) is 0 Å². The van der Waals surface area contributed by atoms with Gasteiger partial charge in [0.05, 0.1) is 12.8 Å². The summed E-state index contributed by atoms with van der Waals surface area (Å²) in [5.41, 5.74) is 1.18. The molecule has 1 aliphatic carbocycles. The standard InChI is InChI=1S/C20H22N4O2S/c25-19(21-16-8-9-16)10-11-24(14-17-7-4-12-26-17)20-22-18(23-27-20)13-15-5-2-1-3-6-15/h1-7,12,16H,8-11,13-14H2,(H,21,25). The first-order valence-electron chi connectivity index (χ1n) is 9.19. The summed E-state index contributed by atoms with van der Waals surface area (Å²) >= 11 is 1.37. The van der Waals surface area contributed by atoms with Crippen molar-refractivity contribution in [1.82, 2.24) is 14.7 Å². The molecule has 1 aliphatic rings. The Morgan fingerprint density at radius 2 is 2.07 bits per heavy atom. The van der Waals surface area contributed by atoms with Crippen LogP contribution in [-0.2, 0) is 17.8 Å². The van der Waals surface area contributed by atoms with Crippen LogP contribution in [0.15, 0.2) is 53.1 Å². The smallest absolute Gasteiger partial charge is 0.221 e. The van der Waals surface area contributed by atoms with Crippen molar-refractivity contribution in [1.29, 1.82) is 0 Å². The fourth-order valence-corrected chi connectivity index (χ4v) is 3.53. The molecule has 0 aliphatic heterocycles. The number of hydrogen-bond donors (Lipinski definition) is 1. The van der Waals surface area contributed by atoms with Crippen molar-refractivity contribution in [2.75, 3.05) is 11.4 Å². The lowest BCUT2D eigenvalue weighted by Crippen LogP contribution is -2.31. The van der Waals surface area contributed by atoms with Gasteiger partial charge in [-0.25, -0.2) is 4.98 Å². The van der Waals surface area contributed by atoms with Gasteiger partial charge in [-0.1, -0.05) is 30.3 Å². The van der Waals surface area contributed by atoms with Gasteiger partial charge in [0.2, 0.25) is 11.0 Å². The maximum absolute atomic E-state index is 12.1. The van der Waals surface area contributed by atoms with Crippen LogP contribution in [0.5, 0.6) is 0 Å². The van der Waals surface area contributed by atoms with E-state index in [0.717, 1.165) is 29.6 Å². The molecular formula is C20H22N4O2S. The summed E-state index contributed by atoms with van der Waals surface area (Å²) in [4.78, 5) is 18.8. The second kappa shape index (κ2) is 8.35. The molecule has 1 amide bonds. The van der Waals surface area contributed by atoms with Gasteiger partial charge in [0.15, 0.2) is 0 Å². The average Bonchev–Trinajstić information content (AvgIpc) is 3.14. The fraction of sp³-hybridized carbons (Fsp3) is 0.350. The SMILES string of the molecule is O=C(CCN(Cc1ccco1)c1nc(Cc2ccccc2)ns1)NC1CC1. The minimum Gasteiger partial charge on any atom is -0.467 e. The number of benzene rings is 1. The van der Waals surface area contributed by atoms with E-state index in [1.165, 1.54) is 17.1 Å². The zero-order valence-electron chi connectivity index (χ0n) is 15.0. The third kappa shape index (κ3) is 5.17. The highest BCUT2D eigenvalue weighted by atomic mass is 32.1. The highest BCUT2D eigenvalue weighted by molar-refractivity contribution is 7.09. The minimum atomic E-state index is 0.0935. The van der Waals surface area contributed by atoms with Crippen molar-refractivity contribution in [2.24, 2.45) is 0 Å². The molecule has 0 spiro atoms. The first kappa shape index (κ1) is 17.7. The highest BCUT2D eigenvalue weighted by Crippen LogP contribution is 2.22. The minimum absolute atomic E-state index is 0.0935. The Labute approximate surface area is 162 Å². The zero-order chi connectivity index (χ0) is 18.5. The Balaban J connectivity index is 1.43. The number of amides is 1. The number of carbonyl (C=O) groups is 1. The predicted octanol–water partition coefficient (Wildman–Crippen LogP) is 3.40. The van der Waals surface area contributed by atoms with E-state index >= 15 is 0 Å². The quantitative estimate of drug-likeness (QED) is 0.614. The molecule has 1 aromatic carbocycles. The van der Waals surface area contributed by atoms with Crippen LogP contribution in [0.2, 0.25) is 0 Å². The van der Waals surface area contributed by atoms with Gasteiger partial charge in [0, 0.05) is 37.0 Å². The Hall–Kier alpha value is -2.67. The van der Waals surface area contributed by atoms with Crippen molar-refractivity contribution >= 4 is 22.6 Å². The average molecular weight is 382 g/mol. The van der Waals surface area contributed by atoms with Crippen molar-refractivity contribution in [2.45, 2.75) is 38.3 Å². The Bertz CT molecular complexity index is 859. The lowest BCUT2D eigenvalue weighted by molar-refractivity contribution is -0.121. The largest absolute Gasteiger partial charge is 0.467 e. The van der Waals surface area contributed by atoms with Gasteiger partial charge in [-0.3, -0.25) is 4.79 Å². The molecule has 2 heterocycles. The number of anilines is 1. The molecule has 1 fully saturated rings. The monoisotopic (exact) mass is 382 g/mol. The number of nitrogens with one attached hydrogen (secondary N) is 1. The van der Waals surface area contributed by atoms with Crippen molar-refractivity contribution in [3.63, 3.8) is 0 Å². The van der Waals surface area contributed by atoms with Crippen LogP contribution in [-0.4, -0.2) is 27.9 Å². The van der Waals surface area contributed by atoms with E-state index in [0.29, 0.717) is 32.0 Å². The molecular weight excluding hydrogens is 360 g/mol. The second-order valence-corrected chi connectivity index (χ2v) is 7.48. The molecule has 3 aromatic rings. The topological polar surface area (TPSA) is 71.3 Å². The van der Waals surface area contributed by atoms with E-state index in [1.54, 1.807) is 6.26 Å². The van der Waals surface area contributed by atoms with Crippen LogP contribution in [0.3, 0.4) is 0 Å². The van der Waals surface area contributed by atoms with Crippen LogP contribution >= 0.6 is 11.5 Å². The van der Waals surface area contributed by atoms with Gasteiger partial charge < -0.3 is 14.6 Å². The summed E-state index contributed by atoms with van der Waals surface area (Å²) in [6.45, 7) is 1.16. The maximum atomic E-state index is 12.1. The Morgan fingerprint density at radius 3 is 2.81 bits per heavy atom. The Kier molecular flexibility index (Phi) is 5.48. The molecule has 27 heavy (non-hydrogen) atoms. The van der Waals surface area contributed by atoms with Crippen molar-refractivity contribution in [3.8, 4) is 0 Å². The molecule has 0 bridgehead atoms. The van der Waals surface area contributed by atoms with Gasteiger partial charge >= 0.3 is 0 Å². The molecule has 0 saturated heterocycles. The van der Waals surface area contributed by atoms with Crippen LogP contribution in [0.4, 0.5) is 5.13 Å².